The molecule has 0 spiro atoms. The molecule has 1 unspecified atom stereocenters. The molecule has 27 heavy (non-hydrogen) atoms. The van der Waals surface area contributed by atoms with Crippen LogP contribution < -0.4 is 10.6 Å². The van der Waals surface area contributed by atoms with Crippen molar-refractivity contribution < 1.29 is 14.7 Å². The van der Waals surface area contributed by atoms with Gasteiger partial charge in [-0.25, -0.2) is 0 Å². The Morgan fingerprint density at radius 3 is 2.56 bits per heavy atom. The van der Waals surface area contributed by atoms with Crippen molar-refractivity contribution in [2.75, 3.05) is 6.54 Å². The van der Waals surface area contributed by atoms with Crippen molar-refractivity contribution in [1.82, 2.24) is 20.4 Å². The van der Waals surface area contributed by atoms with Crippen LogP contribution in [-0.2, 0) is 22.7 Å². The van der Waals surface area contributed by atoms with Gasteiger partial charge in [-0.2, -0.15) is 5.10 Å². The first-order chi connectivity index (χ1) is 12.9. The van der Waals surface area contributed by atoms with Gasteiger partial charge in [-0.3, -0.25) is 19.6 Å². The fraction of sp³-hybridized carbons (Fsp3) is 0.450. The van der Waals surface area contributed by atoms with Gasteiger partial charge in [0.15, 0.2) is 0 Å². The molecule has 7 heteroatoms. The number of carbonyl (C=O) groups is 2. The first-order valence-corrected chi connectivity index (χ1v) is 9.22. The molecule has 1 aromatic heterocycles. The van der Waals surface area contributed by atoms with Crippen LogP contribution in [0.3, 0.4) is 0 Å². The molecule has 0 aliphatic carbocycles. The van der Waals surface area contributed by atoms with E-state index in [0.717, 1.165) is 23.4 Å². The van der Waals surface area contributed by atoms with E-state index in [4.69, 9.17) is 5.11 Å². The number of benzene rings is 1. The van der Waals surface area contributed by atoms with Gasteiger partial charge in [0.25, 0.3) is 0 Å². The van der Waals surface area contributed by atoms with Crippen LogP contribution in [0, 0.1) is 13.8 Å². The second kappa shape index (κ2) is 9.87. The Morgan fingerprint density at radius 2 is 1.93 bits per heavy atom. The monoisotopic (exact) mass is 372 g/mol. The van der Waals surface area contributed by atoms with Crippen LogP contribution >= 0.6 is 0 Å². The summed E-state index contributed by atoms with van der Waals surface area (Å²) in [7, 11) is 0. The lowest BCUT2D eigenvalue weighted by Gasteiger charge is -2.13. The third-order valence-electron chi connectivity index (χ3n) is 4.55. The number of hydrogen-bond acceptors (Lipinski definition) is 4. The Kier molecular flexibility index (Phi) is 7.55. The normalized spacial score (nSPS) is 12.0. The van der Waals surface area contributed by atoms with Gasteiger partial charge in [-0.1, -0.05) is 43.7 Å². The van der Waals surface area contributed by atoms with Gasteiger partial charge in [0.1, 0.15) is 6.04 Å². The topological polar surface area (TPSA) is 96.3 Å². The summed E-state index contributed by atoms with van der Waals surface area (Å²) in [5.41, 5.74) is 4.05. The molecular weight excluding hydrogens is 344 g/mol. The van der Waals surface area contributed by atoms with Gasteiger partial charge in [0.05, 0.1) is 18.8 Å². The number of nitrogens with zero attached hydrogens (tertiary/aromatic N) is 2. The van der Waals surface area contributed by atoms with Gasteiger partial charge in [-0.15, -0.1) is 0 Å². The number of carbonyl (C=O) groups excluding carboxylic acids is 1. The van der Waals surface area contributed by atoms with Crippen molar-refractivity contribution >= 4 is 11.9 Å². The predicted molar refractivity (Wildman–Crippen MR) is 103 cm³/mol. The number of rotatable bonds is 10. The fourth-order valence-electron chi connectivity index (χ4n) is 2.97. The van der Waals surface area contributed by atoms with E-state index in [9.17, 15) is 9.59 Å². The first-order valence-electron chi connectivity index (χ1n) is 9.22. The van der Waals surface area contributed by atoms with E-state index < -0.39 is 12.0 Å². The lowest BCUT2D eigenvalue weighted by molar-refractivity contribution is -0.139. The highest BCUT2D eigenvalue weighted by atomic mass is 16.4. The molecule has 1 atom stereocenters. The summed E-state index contributed by atoms with van der Waals surface area (Å²) in [4.78, 5) is 23.2. The van der Waals surface area contributed by atoms with E-state index >= 15 is 0 Å². The number of nitrogens with one attached hydrogen (secondary N) is 2. The van der Waals surface area contributed by atoms with Crippen LogP contribution in [0.15, 0.2) is 30.3 Å². The van der Waals surface area contributed by atoms with Crippen LogP contribution in [-0.4, -0.2) is 39.4 Å². The summed E-state index contributed by atoms with van der Waals surface area (Å²) in [6.07, 6.45) is 1.23. The van der Waals surface area contributed by atoms with E-state index in [-0.39, 0.29) is 12.5 Å². The molecule has 0 radical (unpaired) electrons. The lowest BCUT2D eigenvalue weighted by atomic mass is 10.1. The van der Waals surface area contributed by atoms with E-state index in [1.165, 1.54) is 5.56 Å². The quantitative estimate of drug-likeness (QED) is 0.593. The molecule has 7 nitrogen and oxygen atoms in total. The molecule has 0 aliphatic rings. The Bertz CT molecular complexity index is 771. The highest BCUT2D eigenvalue weighted by Gasteiger charge is 2.17. The van der Waals surface area contributed by atoms with Crippen molar-refractivity contribution in [2.24, 2.45) is 0 Å². The number of aliphatic carboxylic acids is 1. The third kappa shape index (κ3) is 5.92. The van der Waals surface area contributed by atoms with E-state index in [0.29, 0.717) is 19.5 Å². The van der Waals surface area contributed by atoms with Crippen molar-refractivity contribution in [2.45, 2.75) is 52.7 Å². The van der Waals surface area contributed by atoms with Crippen molar-refractivity contribution in [1.29, 1.82) is 0 Å². The second-order valence-corrected chi connectivity index (χ2v) is 6.63. The fourth-order valence-corrected chi connectivity index (χ4v) is 2.97. The smallest absolute Gasteiger partial charge is 0.320 e. The molecule has 0 bridgehead atoms. The maximum Gasteiger partial charge on any atom is 0.320 e. The third-order valence-corrected chi connectivity index (χ3v) is 4.55. The molecule has 0 saturated heterocycles. The molecule has 1 amide bonds. The van der Waals surface area contributed by atoms with Crippen molar-refractivity contribution in [3.8, 4) is 0 Å². The maximum absolute atomic E-state index is 12.1. The molecule has 1 aromatic carbocycles. The molecule has 146 valence electrons. The molecule has 3 N–H and O–H groups in total. The molecule has 2 aromatic rings. The standard InChI is InChI=1S/C20H28N4O3/c1-4-8-18(20(26)27)21-12-19(25)22-11-17-14(2)23-24(15(17)3)13-16-9-6-5-7-10-16/h5-7,9-10,18,21H,4,8,11-13H2,1-3H3,(H,22,25)(H,26,27). The number of hydrogen-bond donors (Lipinski definition) is 3. The zero-order chi connectivity index (χ0) is 19.8. The number of aryl methyl sites for hydroxylation is 1. The predicted octanol–water partition coefficient (Wildman–Crippen LogP) is 2.01. The van der Waals surface area contributed by atoms with Gasteiger partial charge in [0.2, 0.25) is 5.91 Å². The summed E-state index contributed by atoms with van der Waals surface area (Å²) < 4.78 is 1.94. The molecule has 2 rings (SSSR count). The summed E-state index contributed by atoms with van der Waals surface area (Å²) in [5, 5.41) is 19.3. The van der Waals surface area contributed by atoms with Crippen molar-refractivity contribution in [3.05, 3.63) is 52.8 Å². The summed E-state index contributed by atoms with van der Waals surface area (Å²) in [6.45, 7) is 6.86. The minimum atomic E-state index is -0.932. The van der Waals surface area contributed by atoms with Crippen LogP contribution in [0.25, 0.3) is 0 Å². The molecular formula is C20H28N4O3. The van der Waals surface area contributed by atoms with E-state index in [1.807, 2.05) is 43.7 Å². The average molecular weight is 372 g/mol. The number of amides is 1. The summed E-state index contributed by atoms with van der Waals surface area (Å²) in [6, 6.07) is 9.39. The van der Waals surface area contributed by atoms with Gasteiger partial charge < -0.3 is 10.4 Å². The Balaban J connectivity index is 1.92. The Labute approximate surface area is 159 Å². The van der Waals surface area contributed by atoms with E-state index in [1.54, 1.807) is 0 Å². The van der Waals surface area contributed by atoms with Gasteiger partial charge in [-0.05, 0) is 25.8 Å². The highest BCUT2D eigenvalue weighted by Crippen LogP contribution is 2.14. The molecule has 0 aliphatic heterocycles. The van der Waals surface area contributed by atoms with Crippen LogP contribution in [0.5, 0.6) is 0 Å². The maximum atomic E-state index is 12.1. The van der Waals surface area contributed by atoms with Crippen molar-refractivity contribution in [3.63, 3.8) is 0 Å². The average Bonchev–Trinajstić information content (AvgIpc) is 2.90. The second-order valence-electron chi connectivity index (χ2n) is 6.63. The van der Waals surface area contributed by atoms with Crippen LogP contribution in [0.2, 0.25) is 0 Å². The summed E-state index contributed by atoms with van der Waals surface area (Å²) in [5.74, 6) is -1.16. The SMILES string of the molecule is CCCC(NCC(=O)NCc1c(C)nn(Cc2ccccc2)c1C)C(=O)O. The van der Waals surface area contributed by atoms with Crippen LogP contribution in [0.1, 0.15) is 42.3 Å². The Morgan fingerprint density at radius 1 is 1.22 bits per heavy atom. The number of aromatic nitrogens is 2. The molecule has 0 saturated carbocycles. The zero-order valence-electron chi connectivity index (χ0n) is 16.2. The minimum absolute atomic E-state index is 0.0206. The van der Waals surface area contributed by atoms with Gasteiger partial charge in [0, 0.05) is 17.8 Å². The molecule has 0 fully saturated rings. The van der Waals surface area contributed by atoms with Crippen LogP contribution in [0.4, 0.5) is 0 Å². The zero-order valence-corrected chi connectivity index (χ0v) is 16.2. The minimum Gasteiger partial charge on any atom is -0.480 e. The summed E-state index contributed by atoms with van der Waals surface area (Å²) >= 11 is 0. The highest BCUT2D eigenvalue weighted by molar-refractivity contribution is 5.79. The number of carboxylic acid groups (broad SMARTS) is 1. The Hall–Kier alpha value is -2.67. The number of carboxylic acids is 1. The first kappa shape index (κ1) is 20.6. The lowest BCUT2D eigenvalue weighted by Crippen LogP contribution is -2.42. The van der Waals surface area contributed by atoms with E-state index in [2.05, 4.69) is 27.9 Å². The molecule has 1 heterocycles. The largest absolute Gasteiger partial charge is 0.480 e. The van der Waals surface area contributed by atoms with Gasteiger partial charge >= 0.3 is 5.97 Å².